The molecular weight excluding hydrogens is 378 g/mol. The number of thiophene rings is 1. The highest BCUT2D eigenvalue weighted by Gasteiger charge is 2.47. The molecule has 4 amide bonds. The Bertz CT molecular complexity index is 822. The quantitative estimate of drug-likeness (QED) is 0.521. The van der Waals surface area contributed by atoms with Crippen LogP contribution in [-0.4, -0.2) is 54.4 Å². The molecule has 0 aliphatic carbocycles. The Morgan fingerprint density at radius 1 is 1.46 bits per heavy atom. The molecular formula is C14H17N7O3S2. The molecule has 1 aliphatic rings. The lowest BCUT2D eigenvalue weighted by Gasteiger charge is -2.19. The molecule has 1 saturated heterocycles. The first-order valence-electron chi connectivity index (χ1n) is 7.80. The first-order chi connectivity index (χ1) is 12.4. The molecule has 0 saturated carbocycles. The van der Waals surface area contributed by atoms with Gasteiger partial charge in [-0.1, -0.05) is 24.8 Å². The maximum atomic E-state index is 12.3. The predicted molar refractivity (Wildman–Crippen MR) is 94.2 cm³/mol. The van der Waals surface area contributed by atoms with Gasteiger partial charge in [0, 0.05) is 4.88 Å². The Hall–Kier alpha value is -2.47. The Kier molecular flexibility index (Phi) is 5.23. The fraction of sp³-hybridized carbons (Fsp3) is 0.429. The van der Waals surface area contributed by atoms with Crippen LogP contribution in [0.15, 0.2) is 22.7 Å². The van der Waals surface area contributed by atoms with Crippen molar-refractivity contribution in [1.29, 1.82) is 0 Å². The van der Waals surface area contributed by atoms with Crippen LogP contribution in [0.4, 0.5) is 4.79 Å². The predicted octanol–water partition coefficient (Wildman–Crippen LogP) is 0.627. The number of aromatic nitrogens is 4. The topological polar surface area (TPSA) is 122 Å². The molecule has 0 aromatic carbocycles. The summed E-state index contributed by atoms with van der Waals surface area (Å²) < 4.78 is 1.59. The molecule has 0 radical (unpaired) electrons. The molecule has 1 fully saturated rings. The molecule has 0 bridgehead atoms. The number of hydrogen-bond acceptors (Lipinski definition) is 8. The van der Waals surface area contributed by atoms with Crippen LogP contribution in [0.3, 0.4) is 0 Å². The zero-order valence-corrected chi connectivity index (χ0v) is 15.8. The Morgan fingerprint density at radius 2 is 2.27 bits per heavy atom. The van der Waals surface area contributed by atoms with Gasteiger partial charge in [0.15, 0.2) is 0 Å². The van der Waals surface area contributed by atoms with Gasteiger partial charge in [0.05, 0.1) is 12.3 Å². The standard InChI is InChI=1S/C14H17N7O3S2/c1-3-14(2)11(23)21(12(24)15-14)17-10(22)8-26-13-16-18-19-20(13)7-9-5-4-6-25-9/h4-6H,3,7-8H2,1-2H3,(H,15,24)(H,17,22). The van der Waals surface area contributed by atoms with Gasteiger partial charge >= 0.3 is 6.03 Å². The number of nitrogens with zero attached hydrogens (tertiary/aromatic N) is 5. The minimum Gasteiger partial charge on any atom is -0.322 e. The minimum absolute atomic E-state index is 0.0370. The number of nitrogens with one attached hydrogen (secondary N) is 2. The Morgan fingerprint density at radius 3 is 2.92 bits per heavy atom. The van der Waals surface area contributed by atoms with Crippen LogP contribution >= 0.6 is 23.1 Å². The zero-order valence-electron chi connectivity index (χ0n) is 14.1. The molecule has 3 rings (SSSR count). The lowest BCUT2D eigenvalue weighted by molar-refractivity contribution is -0.137. The van der Waals surface area contributed by atoms with E-state index in [9.17, 15) is 14.4 Å². The van der Waals surface area contributed by atoms with Crippen LogP contribution in [0.5, 0.6) is 0 Å². The van der Waals surface area contributed by atoms with Crippen molar-refractivity contribution in [2.75, 3.05) is 5.75 Å². The molecule has 10 nitrogen and oxygen atoms in total. The van der Waals surface area contributed by atoms with Gasteiger partial charge < -0.3 is 5.32 Å². The van der Waals surface area contributed by atoms with Crippen LogP contribution in [0.1, 0.15) is 25.1 Å². The summed E-state index contributed by atoms with van der Waals surface area (Å²) in [5, 5.41) is 17.2. The van der Waals surface area contributed by atoms with E-state index in [1.165, 1.54) is 0 Å². The second-order valence-corrected chi connectivity index (χ2v) is 7.75. The molecule has 1 aliphatic heterocycles. The number of imide groups is 1. The summed E-state index contributed by atoms with van der Waals surface area (Å²) in [5.74, 6) is -1.01. The number of urea groups is 1. The van der Waals surface area contributed by atoms with E-state index < -0.39 is 23.4 Å². The fourth-order valence-corrected chi connectivity index (χ4v) is 3.62. The van der Waals surface area contributed by atoms with Crippen molar-refractivity contribution in [3.8, 4) is 0 Å². The summed E-state index contributed by atoms with van der Waals surface area (Å²) in [6, 6.07) is 3.27. The van der Waals surface area contributed by atoms with E-state index >= 15 is 0 Å². The van der Waals surface area contributed by atoms with Gasteiger partial charge in [-0.15, -0.1) is 16.4 Å². The second-order valence-electron chi connectivity index (χ2n) is 5.78. The Labute approximate surface area is 157 Å². The van der Waals surface area contributed by atoms with Crippen molar-refractivity contribution < 1.29 is 14.4 Å². The van der Waals surface area contributed by atoms with Crippen LogP contribution < -0.4 is 10.7 Å². The number of carbonyl (C=O) groups is 3. The molecule has 138 valence electrons. The number of hydrogen-bond donors (Lipinski definition) is 2. The molecule has 3 heterocycles. The lowest BCUT2D eigenvalue weighted by Crippen LogP contribution is -2.49. The van der Waals surface area contributed by atoms with Crippen LogP contribution in [0.2, 0.25) is 0 Å². The third-order valence-electron chi connectivity index (χ3n) is 3.92. The van der Waals surface area contributed by atoms with E-state index in [4.69, 9.17) is 0 Å². The number of carbonyl (C=O) groups excluding carboxylic acids is 3. The summed E-state index contributed by atoms with van der Waals surface area (Å²) in [5.41, 5.74) is 1.33. The fourth-order valence-electron chi connectivity index (χ4n) is 2.26. The zero-order chi connectivity index (χ0) is 18.7. The highest BCUT2D eigenvalue weighted by Crippen LogP contribution is 2.20. The number of tetrazole rings is 1. The highest BCUT2D eigenvalue weighted by molar-refractivity contribution is 7.99. The summed E-state index contributed by atoms with van der Waals surface area (Å²) >= 11 is 2.71. The van der Waals surface area contributed by atoms with Crippen molar-refractivity contribution in [1.82, 2.24) is 36.0 Å². The second kappa shape index (κ2) is 7.41. The van der Waals surface area contributed by atoms with Crippen molar-refractivity contribution >= 4 is 40.9 Å². The van der Waals surface area contributed by atoms with Crippen molar-refractivity contribution in [3.63, 3.8) is 0 Å². The first-order valence-corrected chi connectivity index (χ1v) is 9.67. The van der Waals surface area contributed by atoms with Gasteiger partial charge in [-0.3, -0.25) is 15.0 Å². The van der Waals surface area contributed by atoms with Crippen LogP contribution in [0, 0.1) is 0 Å². The summed E-state index contributed by atoms with van der Waals surface area (Å²) in [4.78, 5) is 37.4. The third-order valence-corrected chi connectivity index (χ3v) is 5.74. The van der Waals surface area contributed by atoms with Crippen LogP contribution in [0.25, 0.3) is 0 Å². The molecule has 1 unspecified atom stereocenters. The third kappa shape index (κ3) is 3.70. The normalized spacial score (nSPS) is 19.7. The average molecular weight is 395 g/mol. The van der Waals surface area contributed by atoms with Crippen molar-refractivity contribution in [2.24, 2.45) is 0 Å². The minimum atomic E-state index is -0.998. The van der Waals surface area contributed by atoms with E-state index in [1.807, 2.05) is 17.5 Å². The molecule has 2 aromatic heterocycles. The molecule has 26 heavy (non-hydrogen) atoms. The smallest absolute Gasteiger partial charge is 0.322 e. The van der Waals surface area contributed by atoms with Crippen molar-refractivity contribution in [3.05, 3.63) is 22.4 Å². The van der Waals surface area contributed by atoms with Crippen LogP contribution in [-0.2, 0) is 16.1 Å². The maximum Gasteiger partial charge on any atom is 0.344 e. The molecule has 2 N–H and O–H groups in total. The van der Waals surface area contributed by atoms with Gasteiger partial charge in [0.25, 0.3) is 5.91 Å². The summed E-state index contributed by atoms with van der Waals surface area (Å²) in [6.45, 7) is 3.91. The molecule has 1 atom stereocenters. The molecule has 12 heteroatoms. The summed E-state index contributed by atoms with van der Waals surface area (Å²) in [7, 11) is 0. The lowest BCUT2D eigenvalue weighted by atomic mass is 10.00. The Balaban J connectivity index is 1.56. The van der Waals surface area contributed by atoms with Crippen molar-refractivity contribution in [2.45, 2.75) is 37.5 Å². The van der Waals surface area contributed by atoms with Gasteiger partial charge in [-0.05, 0) is 35.2 Å². The SMILES string of the molecule is CCC1(C)NC(=O)N(NC(=O)CSc2nnnn2Cc2cccs2)C1=O. The van der Waals surface area contributed by atoms with E-state index in [-0.39, 0.29) is 5.75 Å². The molecule has 2 aromatic rings. The van der Waals surface area contributed by atoms with E-state index in [0.717, 1.165) is 21.6 Å². The summed E-state index contributed by atoms with van der Waals surface area (Å²) in [6.07, 6.45) is 0.427. The monoisotopic (exact) mass is 395 g/mol. The van der Waals surface area contributed by atoms with Gasteiger partial charge in [0.1, 0.15) is 5.54 Å². The van der Waals surface area contributed by atoms with E-state index in [1.54, 1.807) is 29.9 Å². The first kappa shape index (κ1) is 18.3. The number of hydrazine groups is 1. The average Bonchev–Trinajstić information content (AvgIpc) is 3.32. The van der Waals surface area contributed by atoms with E-state index in [0.29, 0.717) is 18.1 Å². The van der Waals surface area contributed by atoms with Gasteiger partial charge in [-0.2, -0.15) is 5.01 Å². The molecule has 0 spiro atoms. The van der Waals surface area contributed by atoms with Gasteiger partial charge in [0.2, 0.25) is 11.1 Å². The number of amides is 4. The number of rotatable bonds is 7. The van der Waals surface area contributed by atoms with E-state index in [2.05, 4.69) is 26.3 Å². The largest absolute Gasteiger partial charge is 0.344 e. The highest BCUT2D eigenvalue weighted by atomic mass is 32.2. The van der Waals surface area contributed by atoms with Gasteiger partial charge in [-0.25, -0.2) is 9.48 Å². The number of thioether (sulfide) groups is 1. The maximum absolute atomic E-state index is 12.3.